The average Bonchev–Trinajstić information content (AvgIpc) is 1.82. The van der Waals surface area contributed by atoms with Gasteiger partial charge in [-0.25, -0.2) is 0 Å². The molecule has 0 aromatic heterocycles. The smallest absolute Gasteiger partial charge is 0.308 e. The maximum Gasteiger partial charge on any atom is 0.308 e. The number of unbranched alkanes of at least 4 members (excludes halogenated alkanes) is 1. The fraction of sp³-hybridized carbons (Fsp3) is 0.679. The minimum atomic E-state index is -2.14. The molecule has 16 N–H and O–H groups in total. The molecular weight excluding hydrogens is 1170 g/mol. The third kappa shape index (κ3) is 23.7. The molecule has 0 aromatic rings. The zero-order valence-electron chi connectivity index (χ0n) is 51.1. The lowest BCUT2D eigenvalue weighted by Crippen LogP contribution is -2.69. The molecule has 3 aliphatic rings. The zero-order valence-corrected chi connectivity index (χ0v) is 51.1. The molecule has 3 saturated heterocycles. The fourth-order valence-corrected chi connectivity index (χ4v) is 10.0. The molecule has 0 bridgehead atoms. The van der Waals surface area contributed by atoms with E-state index in [0.29, 0.717) is 31.7 Å². The first-order valence-electron chi connectivity index (χ1n) is 29.6. The van der Waals surface area contributed by atoms with Crippen LogP contribution in [0.1, 0.15) is 132 Å². The lowest BCUT2D eigenvalue weighted by atomic mass is 9.94. The molecule has 3 rings (SSSR count). The fourth-order valence-electron chi connectivity index (χ4n) is 10.0. The van der Waals surface area contributed by atoms with E-state index >= 15 is 0 Å². The van der Waals surface area contributed by atoms with E-state index in [1.807, 2.05) is 21.3 Å². The first kappa shape index (κ1) is 74.5. The normalized spacial score (nSPS) is 19.8. The van der Waals surface area contributed by atoms with E-state index in [-0.39, 0.29) is 31.2 Å². The van der Waals surface area contributed by atoms with Crippen LogP contribution in [0.3, 0.4) is 0 Å². The van der Waals surface area contributed by atoms with Crippen LogP contribution < -0.4 is 58.9 Å². The van der Waals surface area contributed by atoms with Gasteiger partial charge in [-0.05, 0) is 77.6 Å². The van der Waals surface area contributed by atoms with E-state index in [1.165, 1.54) is 22.8 Å². The van der Waals surface area contributed by atoms with Crippen molar-refractivity contribution in [2.45, 2.75) is 198 Å². The van der Waals surface area contributed by atoms with Gasteiger partial charge in [0.05, 0.1) is 44.3 Å². The van der Waals surface area contributed by atoms with Gasteiger partial charge < -0.3 is 89.1 Å². The Hall–Kier alpha value is -8.78. The first-order chi connectivity index (χ1) is 41.8. The number of nitrogens with zero attached hydrogens (tertiary/aromatic N) is 2. The molecule has 12 amide bonds. The Morgan fingerprint density at radius 3 is 1.70 bits per heavy atom. The Labute approximate surface area is 513 Å². The lowest BCUT2D eigenvalue weighted by Gasteiger charge is -2.43. The number of amides is 12. The van der Waals surface area contributed by atoms with Crippen LogP contribution in [0, 0.1) is 17.8 Å². The average molecular weight is 1260 g/mol. The van der Waals surface area contributed by atoms with E-state index in [2.05, 4.69) is 45.7 Å². The van der Waals surface area contributed by atoms with Gasteiger partial charge in [-0.15, -0.1) is 0 Å². The summed E-state index contributed by atoms with van der Waals surface area (Å²) >= 11 is 0. The standard InChI is InChI=1S/C56H87N13O20/c1-8-28(4)16-11-9-10-12-19-37(70)61-34(24-42(77)78)49(81)66-44(29(5)56(88)89)52(84)63-33(23-41(75)76)48(80)58-25-38(71)62-32(22-40(73)74)47(79)59-26-39(72)64-45(30(6)57)53(85)65-43(27(2)3)54(86)69-21-15-18-36(69)50(82)60-31(7)46-55(87)68-20-14-13-17-35(68)51(83)67-46/h10,12,27-36,43-46H,8-9,11,13-26,57H2,1-7H3,(H,58,80)(H,59,79)(H,60,82)(H,61,70)(H,62,71)(H,63,84)(H,64,72)(H,65,85)(H,66,81)(H,67,83)(H,73,74)(H,75,76)(H,77,78)(H,88,89)/b12-10+/t28-,29+,30-,31+,32+,33+,34+,35-,36+,43+,44+,45+,46-/m1/s1. The second kappa shape index (κ2) is 35.9. The molecule has 33 heteroatoms. The number of aliphatic carboxylic acids is 4. The summed E-state index contributed by atoms with van der Waals surface area (Å²) in [7, 11) is 0. The minimum Gasteiger partial charge on any atom is -0.481 e. The summed E-state index contributed by atoms with van der Waals surface area (Å²) in [4.78, 5) is 211. The van der Waals surface area contributed by atoms with Crippen LogP contribution >= 0.6 is 0 Å². The Morgan fingerprint density at radius 1 is 0.607 bits per heavy atom. The highest BCUT2D eigenvalue weighted by molar-refractivity contribution is 6.01. The van der Waals surface area contributed by atoms with Crippen LogP contribution in [0.2, 0.25) is 0 Å². The van der Waals surface area contributed by atoms with Crippen LogP contribution in [0.25, 0.3) is 0 Å². The summed E-state index contributed by atoms with van der Waals surface area (Å²) < 4.78 is 0. The van der Waals surface area contributed by atoms with Crippen LogP contribution in [-0.2, 0) is 76.7 Å². The number of nitrogens with one attached hydrogen (secondary N) is 10. The highest BCUT2D eigenvalue weighted by atomic mass is 16.4. The number of hydrogen-bond acceptors (Lipinski definition) is 17. The van der Waals surface area contributed by atoms with Crippen LogP contribution in [0.5, 0.6) is 0 Å². The van der Waals surface area contributed by atoms with Gasteiger partial charge in [-0.1, -0.05) is 52.7 Å². The molecule has 3 heterocycles. The number of likely N-dealkylation sites (tertiary alicyclic amines) is 1. The van der Waals surface area contributed by atoms with Gasteiger partial charge in [0.15, 0.2) is 0 Å². The summed E-state index contributed by atoms with van der Waals surface area (Å²) in [6.45, 7) is 9.71. The van der Waals surface area contributed by atoms with Crippen LogP contribution in [0.15, 0.2) is 12.2 Å². The Balaban J connectivity index is 1.62. The van der Waals surface area contributed by atoms with Gasteiger partial charge in [-0.3, -0.25) is 76.7 Å². The number of fused-ring (bicyclic) bond motifs is 1. The van der Waals surface area contributed by atoms with E-state index in [4.69, 9.17) is 5.73 Å². The number of rotatable bonds is 36. The molecule has 89 heavy (non-hydrogen) atoms. The highest BCUT2D eigenvalue weighted by Gasteiger charge is 2.46. The van der Waals surface area contributed by atoms with Gasteiger partial charge in [0, 0.05) is 25.6 Å². The highest BCUT2D eigenvalue weighted by Crippen LogP contribution is 2.24. The number of carbonyl (C=O) groups is 16. The van der Waals surface area contributed by atoms with Crippen molar-refractivity contribution in [1.29, 1.82) is 0 Å². The van der Waals surface area contributed by atoms with Crippen molar-refractivity contribution >= 4 is 94.8 Å². The summed E-state index contributed by atoms with van der Waals surface area (Å²) in [5.41, 5.74) is 6.08. The van der Waals surface area contributed by atoms with E-state index in [0.717, 1.165) is 39.0 Å². The molecule has 0 aliphatic carbocycles. The van der Waals surface area contributed by atoms with Crippen molar-refractivity contribution in [3.63, 3.8) is 0 Å². The number of hydrogen-bond donors (Lipinski definition) is 15. The van der Waals surface area contributed by atoms with E-state index in [9.17, 15) is 97.1 Å². The minimum absolute atomic E-state index is 0.127. The van der Waals surface area contributed by atoms with Gasteiger partial charge in [0.1, 0.15) is 54.4 Å². The number of carbonyl (C=O) groups excluding carboxylic acids is 12. The third-order valence-corrected chi connectivity index (χ3v) is 15.3. The molecule has 0 spiro atoms. The van der Waals surface area contributed by atoms with Crippen molar-refractivity contribution in [2.24, 2.45) is 23.5 Å². The quantitative estimate of drug-likeness (QED) is 0.0209. The summed E-state index contributed by atoms with van der Waals surface area (Å²) in [5.74, 6) is -20.0. The monoisotopic (exact) mass is 1260 g/mol. The molecule has 33 nitrogen and oxygen atoms in total. The SMILES string of the molecule is CC[C@@H](C)CCC/C=C/CC(=O)N[C@@H](CC(=O)O)C(=O)N[C@H](C(=O)N[C@@H](CC(=O)O)C(=O)NCC(=O)N[C@@H](CC(=O)O)C(=O)NCC(=O)N[C@H](C(=O)N[C@H](C(=O)N1CCC[C@H]1C(=O)N[C@@H](C)[C@H]1NC(=O)[C@H]2CCCCN2C1=O)C(C)C)[C@@H](C)N)[C@H](C)C(=O)O. The van der Waals surface area contributed by atoms with Crippen molar-refractivity contribution in [2.75, 3.05) is 26.2 Å². The number of nitrogens with two attached hydrogens (primary N) is 1. The second-order valence-corrected chi connectivity index (χ2v) is 22.9. The molecule has 496 valence electrons. The predicted octanol–water partition coefficient (Wildman–Crippen LogP) is -4.19. The van der Waals surface area contributed by atoms with Crippen molar-refractivity contribution in [3.05, 3.63) is 12.2 Å². The molecule has 3 fully saturated rings. The van der Waals surface area contributed by atoms with Crippen molar-refractivity contribution < 1.29 is 97.1 Å². The maximum atomic E-state index is 14.1. The Bertz CT molecular complexity index is 2670. The van der Waals surface area contributed by atoms with Crippen LogP contribution in [0.4, 0.5) is 0 Å². The Kier molecular flexibility index (Phi) is 30.0. The van der Waals surface area contributed by atoms with Crippen LogP contribution in [-0.4, -0.2) is 218 Å². The number of carboxylic acid groups (broad SMARTS) is 4. The molecule has 3 aliphatic heterocycles. The largest absolute Gasteiger partial charge is 0.481 e. The topological polar surface area (TPSA) is 507 Å². The third-order valence-electron chi connectivity index (χ3n) is 15.3. The maximum absolute atomic E-state index is 14.1. The lowest BCUT2D eigenvalue weighted by molar-refractivity contribution is -0.152. The second-order valence-electron chi connectivity index (χ2n) is 22.9. The zero-order chi connectivity index (χ0) is 67.0. The summed E-state index contributed by atoms with van der Waals surface area (Å²) in [6.07, 6.45) is 5.79. The van der Waals surface area contributed by atoms with Gasteiger partial charge >= 0.3 is 23.9 Å². The van der Waals surface area contributed by atoms with Crippen molar-refractivity contribution in [1.82, 2.24) is 63.0 Å². The van der Waals surface area contributed by atoms with E-state index in [1.54, 1.807) is 26.8 Å². The number of allylic oxidation sites excluding steroid dienone is 1. The molecular formula is C56H87N13O20. The molecule has 0 aromatic carbocycles. The van der Waals surface area contributed by atoms with Crippen molar-refractivity contribution in [3.8, 4) is 0 Å². The predicted molar refractivity (Wildman–Crippen MR) is 310 cm³/mol. The number of piperidine rings is 1. The Morgan fingerprint density at radius 2 is 1.15 bits per heavy atom. The number of carboxylic acids is 4. The number of piperazine rings is 1. The molecule has 13 atom stereocenters. The summed E-state index contributed by atoms with van der Waals surface area (Å²) in [6, 6.07) is -15.5. The van der Waals surface area contributed by atoms with Gasteiger partial charge in [0.25, 0.3) is 0 Å². The summed E-state index contributed by atoms with van der Waals surface area (Å²) in [5, 5.41) is 61.1. The van der Waals surface area contributed by atoms with Gasteiger partial charge in [0.2, 0.25) is 70.9 Å². The first-order valence-corrected chi connectivity index (χ1v) is 29.6. The van der Waals surface area contributed by atoms with E-state index < -0.39 is 194 Å². The molecule has 0 radical (unpaired) electrons. The molecule has 0 saturated carbocycles. The van der Waals surface area contributed by atoms with Gasteiger partial charge in [-0.2, -0.15) is 0 Å². The molecule has 0 unspecified atom stereocenters.